The van der Waals surface area contributed by atoms with E-state index in [1.807, 2.05) is 43.7 Å². The third kappa shape index (κ3) is 3.56. The van der Waals surface area contributed by atoms with E-state index in [0.717, 1.165) is 60.0 Å². The normalized spacial score (nSPS) is 14.8. The van der Waals surface area contributed by atoms with Crippen LogP contribution in [0.2, 0.25) is 0 Å². The van der Waals surface area contributed by atoms with E-state index in [-0.39, 0.29) is 0 Å². The van der Waals surface area contributed by atoms with Gasteiger partial charge in [0.05, 0.1) is 12.0 Å². The summed E-state index contributed by atoms with van der Waals surface area (Å²) < 4.78 is 5.57. The Morgan fingerprint density at radius 1 is 0.900 bits per heavy atom. The Kier molecular flexibility index (Phi) is 4.97. The molecule has 0 aliphatic carbocycles. The highest BCUT2D eigenvalue weighted by molar-refractivity contribution is 5.81. The van der Waals surface area contributed by atoms with Crippen LogP contribution >= 0.6 is 0 Å². The lowest BCUT2D eigenvalue weighted by Gasteiger charge is -2.32. The first-order chi connectivity index (χ1) is 14.8. The van der Waals surface area contributed by atoms with E-state index >= 15 is 0 Å². The molecule has 0 atom stereocenters. The molecule has 0 unspecified atom stereocenters. The van der Waals surface area contributed by atoms with Crippen molar-refractivity contribution in [1.29, 1.82) is 0 Å². The van der Waals surface area contributed by atoms with Crippen molar-refractivity contribution in [2.75, 3.05) is 18.0 Å². The minimum absolute atomic E-state index is 0.566. The molecule has 0 aromatic carbocycles. The maximum atomic E-state index is 5.57. The topological polar surface area (TPSA) is 67.9 Å². The van der Waals surface area contributed by atoms with Crippen LogP contribution in [-0.4, -0.2) is 33.0 Å². The quantitative estimate of drug-likeness (QED) is 0.489. The Balaban J connectivity index is 1.45. The predicted molar refractivity (Wildman–Crippen MR) is 116 cm³/mol. The molecule has 150 valence electrons. The molecule has 1 saturated heterocycles. The zero-order valence-electron chi connectivity index (χ0n) is 16.9. The van der Waals surface area contributed by atoms with E-state index in [4.69, 9.17) is 14.4 Å². The smallest absolute Gasteiger partial charge is 0.225 e. The van der Waals surface area contributed by atoms with Gasteiger partial charge in [0, 0.05) is 55.2 Å². The number of anilines is 1. The van der Waals surface area contributed by atoms with Crippen molar-refractivity contribution in [1.82, 2.24) is 19.9 Å². The van der Waals surface area contributed by atoms with Crippen LogP contribution in [0.15, 0.2) is 72.0 Å². The summed E-state index contributed by atoms with van der Waals surface area (Å²) in [5.74, 6) is 2.19. The molecule has 1 aliphatic heterocycles. The molecule has 30 heavy (non-hydrogen) atoms. The van der Waals surface area contributed by atoms with Gasteiger partial charge in [-0.2, -0.15) is 0 Å². The van der Waals surface area contributed by atoms with E-state index in [0.29, 0.717) is 5.92 Å². The average Bonchev–Trinajstić information content (AvgIpc) is 3.26. The largest absolute Gasteiger partial charge is 0.469 e. The van der Waals surface area contributed by atoms with Crippen molar-refractivity contribution >= 4 is 5.95 Å². The third-order valence-corrected chi connectivity index (χ3v) is 5.84. The van der Waals surface area contributed by atoms with E-state index in [2.05, 4.69) is 27.0 Å². The molecule has 1 aliphatic rings. The summed E-state index contributed by atoms with van der Waals surface area (Å²) in [5, 5.41) is 0. The second-order valence-corrected chi connectivity index (χ2v) is 7.60. The highest BCUT2D eigenvalue weighted by Gasteiger charge is 2.24. The summed E-state index contributed by atoms with van der Waals surface area (Å²) in [6, 6.07) is 10.2. The lowest BCUT2D eigenvalue weighted by molar-refractivity contribution is 0.499. The van der Waals surface area contributed by atoms with Gasteiger partial charge < -0.3 is 9.32 Å². The number of nitrogens with zero attached hydrogens (tertiary/aromatic N) is 5. The molecular weight excluding hydrogens is 374 g/mol. The van der Waals surface area contributed by atoms with Crippen LogP contribution in [0.25, 0.3) is 22.4 Å². The molecule has 6 heteroatoms. The lowest BCUT2D eigenvalue weighted by Crippen LogP contribution is -2.34. The van der Waals surface area contributed by atoms with Crippen molar-refractivity contribution in [3.8, 4) is 22.4 Å². The summed E-state index contributed by atoms with van der Waals surface area (Å²) in [4.78, 5) is 20.3. The van der Waals surface area contributed by atoms with Gasteiger partial charge in [-0.3, -0.25) is 9.97 Å². The zero-order valence-corrected chi connectivity index (χ0v) is 16.9. The molecule has 0 radical (unpaired) electrons. The van der Waals surface area contributed by atoms with Gasteiger partial charge in [-0.25, -0.2) is 9.97 Å². The fourth-order valence-electron chi connectivity index (χ4n) is 4.15. The van der Waals surface area contributed by atoms with Crippen molar-refractivity contribution in [3.05, 3.63) is 78.9 Å². The standard InChI is InChI=1S/C24H23N5O/c1-17-21(8-15-30-17)23-22(20-4-11-26-12-5-20)16-27-24(28-23)29-13-6-19(7-14-29)18-2-9-25-10-3-18/h2-5,8-12,15-16,19H,6-7,13-14H2,1H3. The number of aromatic nitrogens is 4. The highest BCUT2D eigenvalue weighted by Crippen LogP contribution is 2.35. The van der Waals surface area contributed by atoms with Gasteiger partial charge >= 0.3 is 0 Å². The van der Waals surface area contributed by atoms with E-state index in [9.17, 15) is 0 Å². The molecule has 5 heterocycles. The molecule has 0 saturated carbocycles. The van der Waals surface area contributed by atoms with Crippen molar-refractivity contribution in [2.45, 2.75) is 25.7 Å². The molecule has 0 N–H and O–H groups in total. The first-order valence-electron chi connectivity index (χ1n) is 10.3. The maximum absolute atomic E-state index is 5.57. The molecule has 4 aromatic heterocycles. The van der Waals surface area contributed by atoms with Crippen LogP contribution in [0, 0.1) is 6.92 Å². The summed E-state index contributed by atoms with van der Waals surface area (Å²) in [6.07, 6.45) is 13.1. The van der Waals surface area contributed by atoms with Crippen LogP contribution in [0.1, 0.15) is 30.1 Å². The Morgan fingerprint density at radius 2 is 1.60 bits per heavy atom. The number of hydrogen-bond acceptors (Lipinski definition) is 6. The Labute approximate surface area is 175 Å². The fourth-order valence-corrected chi connectivity index (χ4v) is 4.15. The monoisotopic (exact) mass is 397 g/mol. The van der Waals surface area contributed by atoms with Gasteiger partial charge in [-0.05, 0) is 67.1 Å². The lowest BCUT2D eigenvalue weighted by atomic mass is 9.90. The van der Waals surface area contributed by atoms with Gasteiger partial charge in [0.15, 0.2) is 0 Å². The summed E-state index contributed by atoms with van der Waals surface area (Å²) in [5.41, 5.74) is 5.29. The first kappa shape index (κ1) is 18.5. The van der Waals surface area contributed by atoms with E-state index in [1.165, 1.54) is 5.56 Å². The number of furan rings is 1. The molecule has 0 bridgehead atoms. The van der Waals surface area contributed by atoms with Crippen LogP contribution in [0.4, 0.5) is 5.95 Å². The minimum Gasteiger partial charge on any atom is -0.469 e. The minimum atomic E-state index is 0.566. The van der Waals surface area contributed by atoms with Gasteiger partial charge in [0.25, 0.3) is 0 Å². The molecule has 4 aromatic rings. The fraction of sp³-hybridized carbons (Fsp3) is 0.250. The van der Waals surface area contributed by atoms with Crippen LogP contribution < -0.4 is 4.90 Å². The van der Waals surface area contributed by atoms with Gasteiger partial charge in [0.2, 0.25) is 5.95 Å². The molecule has 0 amide bonds. The van der Waals surface area contributed by atoms with Crippen LogP contribution in [-0.2, 0) is 0 Å². The zero-order chi connectivity index (χ0) is 20.3. The van der Waals surface area contributed by atoms with Crippen molar-refractivity contribution < 1.29 is 4.42 Å². The van der Waals surface area contributed by atoms with E-state index in [1.54, 1.807) is 18.7 Å². The Bertz CT molecular complexity index is 1120. The maximum Gasteiger partial charge on any atom is 0.225 e. The molecule has 0 spiro atoms. The molecule has 6 nitrogen and oxygen atoms in total. The molecule has 1 fully saturated rings. The van der Waals surface area contributed by atoms with Gasteiger partial charge in [-0.1, -0.05) is 0 Å². The second kappa shape index (κ2) is 8.06. The van der Waals surface area contributed by atoms with Crippen molar-refractivity contribution in [2.24, 2.45) is 0 Å². The van der Waals surface area contributed by atoms with Crippen LogP contribution in [0.3, 0.4) is 0 Å². The predicted octanol–water partition coefficient (Wildman–Crippen LogP) is 4.89. The number of pyridine rings is 2. The van der Waals surface area contributed by atoms with Gasteiger partial charge in [-0.15, -0.1) is 0 Å². The van der Waals surface area contributed by atoms with Gasteiger partial charge in [0.1, 0.15) is 5.76 Å². The van der Waals surface area contributed by atoms with Crippen LogP contribution in [0.5, 0.6) is 0 Å². The number of rotatable bonds is 4. The average molecular weight is 397 g/mol. The number of aryl methyl sites for hydroxylation is 1. The SMILES string of the molecule is Cc1occc1-c1nc(N2CCC(c3ccncc3)CC2)ncc1-c1ccncc1. The third-order valence-electron chi connectivity index (χ3n) is 5.84. The molecular formula is C24H23N5O. The first-order valence-corrected chi connectivity index (χ1v) is 10.3. The summed E-state index contributed by atoms with van der Waals surface area (Å²) >= 11 is 0. The Hall–Kier alpha value is -3.54. The summed E-state index contributed by atoms with van der Waals surface area (Å²) in [7, 11) is 0. The second-order valence-electron chi connectivity index (χ2n) is 7.60. The summed E-state index contributed by atoms with van der Waals surface area (Å²) in [6.45, 7) is 3.84. The highest BCUT2D eigenvalue weighted by atomic mass is 16.3. The number of piperidine rings is 1. The van der Waals surface area contributed by atoms with Crippen molar-refractivity contribution in [3.63, 3.8) is 0 Å². The Morgan fingerprint density at radius 3 is 2.27 bits per heavy atom. The molecule has 5 rings (SSSR count). The van der Waals surface area contributed by atoms with E-state index < -0.39 is 0 Å². The number of hydrogen-bond donors (Lipinski definition) is 0.